The highest BCUT2D eigenvalue weighted by atomic mass is 16.3. The zero-order valence-corrected chi connectivity index (χ0v) is 9.73. The minimum atomic E-state index is -0.308. The molecule has 0 aliphatic rings. The van der Waals surface area contributed by atoms with Crippen LogP contribution in [0.25, 0.3) is 0 Å². The van der Waals surface area contributed by atoms with Crippen LogP contribution >= 0.6 is 0 Å². The average molecular weight is 222 g/mol. The highest BCUT2D eigenvalue weighted by molar-refractivity contribution is 5.93. The van der Waals surface area contributed by atoms with E-state index in [-0.39, 0.29) is 12.0 Å². The van der Waals surface area contributed by atoms with Gasteiger partial charge in [-0.25, -0.2) is 0 Å². The van der Waals surface area contributed by atoms with Gasteiger partial charge in [0.1, 0.15) is 0 Å². The number of nitrogens with zero attached hydrogens (tertiary/aromatic N) is 1. The smallest absolute Gasteiger partial charge is 0.252 e. The lowest BCUT2D eigenvalue weighted by Gasteiger charge is -2.06. The first-order valence-electron chi connectivity index (χ1n) is 5.47. The molecule has 1 unspecified atom stereocenters. The van der Waals surface area contributed by atoms with E-state index >= 15 is 0 Å². The Morgan fingerprint density at radius 2 is 2.31 bits per heavy atom. The number of nitrogens with one attached hydrogen (secondary N) is 1. The third-order valence-electron chi connectivity index (χ3n) is 2.22. The second-order valence-electron chi connectivity index (χ2n) is 4.00. The zero-order chi connectivity index (χ0) is 12.0. The summed E-state index contributed by atoms with van der Waals surface area (Å²) in [6, 6.07) is 1.80. The van der Waals surface area contributed by atoms with Crippen LogP contribution < -0.4 is 5.32 Å². The van der Waals surface area contributed by atoms with Gasteiger partial charge >= 0.3 is 0 Å². The Morgan fingerprint density at radius 1 is 1.56 bits per heavy atom. The lowest BCUT2D eigenvalue weighted by Crippen LogP contribution is -2.25. The summed E-state index contributed by atoms with van der Waals surface area (Å²) in [4.78, 5) is 15.6. The molecule has 1 aromatic heterocycles. The molecule has 2 N–H and O–H groups in total. The number of aryl methyl sites for hydroxylation is 1. The minimum absolute atomic E-state index is 0.109. The number of amides is 1. The zero-order valence-electron chi connectivity index (χ0n) is 9.73. The number of rotatable bonds is 5. The first kappa shape index (κ1) is 12.6. The quantitative estimate of drug-likeness (QED) is 0.738. The molecule has 0 fully saturated rings. The van der Waals surface area contributed by atoms with Gasteiger partial charge in [0, 0.05) is 18.9 Å². The standard InChI is InChI=1S/C12H18N2O2/c1-9-6-11(8-13-7-9)12(16)14-5-3-4-10(2)15/h6-8,10,15H,3-5H2,1-2H3,(H,14,16). The van der Waals surface area contributed by atoms with Crippen LogP contribution in [0.3, 0.4) is 0 Å². The van der Waals surface area contributed by atoms with E-state index in [2.05, 4.69) is 10.3 Å². The molecular formula is C12H18N2O2. The molecule has 0 aliphatic carbocycles. The Balaban J connectivity index is 2.35. The molecule has 16 heavy (non-hydrogen) atoms. The predicted molar refractivity (Wildman–Crippen MR) is 62.2 cm³/mol. The lowest BCUT2D eigenvalue weighted by atomic mass is 10.2. The van der Waals surface area contributed by atoms with Crippen molar-refractivity contribution < 1.29 is 9.90 Å². The van der Waals surface area contributed by atoms with Gasteiger partial charge in [0.15, 0.2) is 0 Å². The number of pyridine rings is 1. The summed E-state index contributed by atoms with van der Waals surface area (Å²) in [5, 5.41) is 11.8. The van der Waals surface area contributed by atoms with Gasteiger partial charge < -0.3 is 10.4 Å². The molecule has 4 nitrogen and oxygen atoms in total. The topological polar surface area (TPSA) is 62.2 Å². The van der Waals surface area contributed by atoms with E-state index in [1.807, 2.05) is 6.92 Å². The van der Waals surface area contributed by atoms with Crippen LogP contribution in [-0.2, 0) is 0 Å². The van der Waals surface area contributed by atoms with Crippen molar-refractivity contribution in [2.75, 3.05) is 6.54 Å². The van der Waals surface area contributed by atoms with Gasteiger partial charge in [0.2, 0.25) is 0 Å². The summed E-state index contributed by atoms with van der Waals surface area (Å²) >= 11 is 0. The van der Waals surface area contributed by atoms with Crippen molar-refractivity contribution in [1.82, 2.24) is 10.3 Å². The van der Waals surface area contributed by atoms with Crippen molar-refractivity contribution in [3.63, 3.8) is 0 Å². The molecule has 0 aromatic carbocycles. The number of aromatic nitrogens is 1. The van der Waals surface area contributed by atoms with Gasteiger partial charge in [-0.1, -0.05) is 0 Å². The monoisotopic (exact) mass is 222 g/mol. The Labute approximate surface area is 95.7 Å². The molecular weight excluding hydrogens is 204 g/mol. The van der Waals surface area contributed by atoms with Gasteiger partial charge in [0.05, 0.1) is 11.7 Å². The number of carbonyl (C=O) groups is 1. The van der Waals surface area contributed by atoms with Crippen molar-refractivity contribution in [1.29, 1.82) is 0 Å². The minimum Gasteiger partial charge on any atom is -0.393 e. The molecule has 1 atom stereocenters. The number of hydrogen-bond acceptors (Lipinski definition) is 3. The number of aliphatic hydroxyl groups excluding tert-OH is 1. The molecule has 88 valence electrons. The maximum atomic E-state index is 11.6. The first-order chi connectivity index (χ1) is 7.59. The molecule has 0 saturated heterocycles. The third kappa shape index (κ3) is 4.40. The van der Waals surface area contributed by atoms with E-state index in [1.165, 1.54) is 0 Å². The molecule has 0 bridgehead atoms. The summed E-state index contributed by atoms with van der Waals surface area (Å²) < 4.78 is 0. The Morgan fingerprint density at radius 3 is 2.94 bits per heavy atom. The summed E-state index contributed by atoms with van der Waals surface area (Å²) in [6.07, 6.45) is 4.44. The van der Waals surface area contributed by atoms with Gasteiger partial charge in [-0.2, -0.15) is 0 Å². The SMILES string of the molecule is Cc1cncc(C(=O)NCCCC(C)O)c1. The average Bonchev–Trinajstić information content (AvgIpc) is 2.24. The van der Waals surface area contributed by atoms with Crippen LogP contribution in [-0.4, -0.2) is 28.6 Å². The molecule has 1 heterocycles. The second-order valence-corrected chi connectivity index (χ2v) is 4.00. The van der Waals surface area contributed by atoms with E-state index in [4.69, 9.17) is 5.11 Å². The molecule has 0 radical (unpaired) electrons. The summed E-state index contributed by atoms with van der Waals surface area (Å²) in [5.74, 6) is -0.109. The second kappa shape index (κ2) is 6.23. The Hall–Kier alpha value is -1.42. The first-order valence-corrected chi connectivity index (χ1v) is 5.47. The van der Waals surface area contributed by atoms with Crippen LogP contribution in [0.15, 0.2) is 18.5 Å². The van der Waals surface area contributed by atoms with Crippen LogP contribution in [0, 0.1) is 6.92 Å². The number of hydrogen-bond donors (Lipinski definition) is 2. The predicted octanol–water partition coefficient (Wildman–Crippen LogP) is 1.28. The highest BCUT2D eigenvalue weighted by Crippen LogP contribution is 2.01. The fraction of sp³-hybridized carbons (Fsp3) is 0.500. The molecule has 0 saturated carbocycles. The Bertz CT molecular complexity index is 351. The van der Waals surface area contributed by atoms with Gasteiger partial charge in [0.25, 0.3) is 5.91 Å². The Kier molecular flexibility index (Phi) is 4.92. The van der Waals surface area contributed by atoms with E-state index < -0.39 is 0 Å². The van der Waals surface area contributed by atoms with Crippen LogP contribution in [0.1, 0.15) is 35.7 Å². The van der Waals surface area contributed by atoms with Crippen molar-refractivity contribution in [3.8, 4) is 0 Å². The molecule has 1 amide bonds. The van der Waals surface area contributed by atoms with E-state index in [0.717, 1.165) is 12.0 Å². The summed E-state index contributed by atoms with van der Waals surface area (Å²) in [5.41, 5.74) is 1.55. The fourth-order valence-corrected chi connectivity index (χ4v) is 1.38. The number of aliphatic hydroxyl groups is 1. The van der Waals surface area contributed by atoms with Crippen molar-refractivity contribution in [2.24, 2.45) is 0 Å². The summed E-state index contributed by atoms with van der Waals surface area (Å²) in [6.45, 7) is 4.22. The van der Waals surface area contributed by atoms with Gasteiger partial charge in [-0.05, 0) is 38.3 Å². The van der Waals surface area contributed by atoms with E-state index in [0.29, 0.717) is 18.5 Å². The van der Waals surface area contributed by atoms with Gasteiger partial charge in [-0.3, -0.25) is 9.78 Å². The lowest BCUT2D eigenvalue weighted by molar-refractivity contribution is 0.0949. The fourth-order valence-electron chi connectivity index (χ4n) is 1.38. The maximum absolute atomic E-state index is 11.6. The van der Waals surface area contributed by atoms with E-state index in [1.54, 1.807) is 25.4 Å². The van der Waals surface area contributed by atoms with Crippen LogP contribution in [0.4, 0.5) is 0 Å². The van der Waals surface area contributed by atoms with Crippen molar-refractivity contribution in [3.05, 3.63) is 29.6 Å². The van der Waals surface area contributed by atoms with E-state index in [9.17, 15) is 4.79 Å². The molecule has 4 heteroatoms. The molecule has 0 aliphatic heterocycles. The van der Waals surface area contributed by atoms with Crippen molar-refractivity contribution in [2.45, 2.75) is 32.8 Å². The molecule has 1 rings (SSSR count). The third-order valence-corrected chi connectivity index (χ3v) is 2.22. The maximum Gasteiger partial charge on any atom is 0.252 e. The van der Waals surface area contributed by atoms with Crippen LogP contribution in [0.5, 0.6) is 0 Å². The highest BCUT2D eigenvalue weighted by Gasteiger charge is 2.05. The summed E-state index contributed by atoms with van der Waals surface area (Å²) in [7, 11) is 0. The van der Waals surface area contributed by atoms with Gasteiger partial charge in [-0.15, -0.1) is 0 Å². The van der Waals surface area contributed by atoms with Crippen LogP contribution in [0.2, 0.25) is 0 Å². The number of carbonyl (C=O) groups excluding carboxylic acids is 1. The van der Waals surface area contributed by atoms with Crippen molar-refractivity contribution >= 4 is 5.91 Å². The molecule has 0 spiro atoms. The molecule has 1 aromatic rings. The largest absolute Gasteiger partial charge is 0.393 e. The normalized spacial score (nSPS) is 12.2.